The zero-order valence-electron chi connectivity index (χ0n) is 13.5. The molecule has 1 aromatic carbocycles. The summed E-state index contributed by atoms with van der Waals surface area (Å²) < 4.78 is 24.9. The van der Waals surface area contributed by atoms with Crippen molar-refractivity contribution in [3.8, 4) is 0 Å². The van der Waals surface area contributed by atoms with Crippen LogP contribution in [0.25, 0.3) is 0 Å². The highest BCUT2D eigenvalue weighted by atomic mass is 19.1. The Balaban J connectivity index is 1.44. The van der Waals surface area contributed by atoms with Gasteiger partial charge in [0.05, 0.1) is 25.4 Å². The smallest absolute Gasteiger partial charge is 0.127 e. The molecule has 5 heteroatoms. The van der Waals surface area contributed by atoms with Crippen molar-refractivity contribution in [2.45, 2.75) is 50.5 Å². The number of ether oxygens (including phenoxy) is 2. The minimum Gasteiger partial charge on any atom is -0.389 e. The van der Waals surface area contributed by atoms with Gasteiger partial charge in [-0.25, -0.2) is 4.39 Å². The van der Waals surface area contributed by atoms with Gasteiger partial charge in [-0.05, 0) is 31.7 Å². The molecule has 0 aromatic heterocycles. The van der Waals surface area contributed by atoms with Gasteiger partial charge >= 0.3 is 0 Å². The summed E-state index contributed by atoms with van der Waals surface area (Å²) >= 11 is 0. The molecule has 1 saturated carbocycles. The van der Waals surface area contributed by atoms with Crippen LogP contribution in [-0.2, 0) is 16.0 Å². The molecule has 1 heterocycles. The van der Waals surface area contributed by atoms with Crippen LogP contribution >= 0.6 is 0 Å². The summed E-state index contributed by atoms with van der Waals surface area (Å²) in [5, 5.41) is 10.2. The van der Waals surface area contributed by atoms with Crippen molar-refractivity contribution in [1.29, 1.82) is 0 Å². The van der Waals surface area contributed by atoms with Crippen molar-refractivity contribution in [3.63, 3.8) is 0 Å². The van der Waals surface area contributed by atoms with E-state index in [9.17, 15) is 9.50 Å². The molecule has 2 fully saturated rings. The number of nitrogens with zero attached hydrogens (tertiary/aromatic N) is 1. The first-order chi connectivity index (χ1) is 11.2. The molecule has 4 nitrogen and oxygen atoms in total. The molecular weight excluding hydrogens is 297 g/mol. The molecule has 1 N–H and O–H groups in total. The first kappa shape index (κ1) is 16.8. The third-order valence-corrected chi connectivity index (χ3v) is 4.48. The molecule has 0 spiro atoms. The lowest BCUT2D eigenvalue weighted by Crippen LogP contribution is -2.36. The van der Waals surface area contributed by atoms with Crippen LogP contribution in [0.3, 0.4) is 0 Å². The number of aliphatic hydroxyl groups is 1. The van der Waals surface area contributed by atoms with Gasteiger partial charge in [0.2, 0.25) is 0 Å². The lowest BCUT2D eigenvalue weighted by molar-refractivity contribution is -0.0265. The van der Waals surface area contributed by atoms with Crippen LogP contribution in [0.5, 0.6) is 0 Å². The number of aliphatic hydroxyl groups excluding tert-OH is 1. The summed E-state index contributed by atoms with van der Waals surface area (Å²) in [6, 6.07) is 7.31. The predicted molar refractivity (Wildman–Crippen MR) is 85.6 cm³/mol. The predicted octanol–water partition coefficient (Wildman–Crippen LogP) is 2.35. The van der Waals surface area contributed by atoms with E-state index in [1.807, 2.05) is 12.1 Å². The molecule has 128 valence electrons. The Labute approximate surface area is 137 Å². The monoisotopic (exact) mass is 323 g/mol. The SMILES string of the molecule is OC(COCC1CCCO1)CN(Cc1ccccc1F)C1CC1. The summed E-state index contributed by atoms with van der Waals surface area (Å²) in [7, 11) is 0. The number of halogens is 1. The molecule has 1 aliphatic carbocycles. The van der Waals surface area contributed by atoms with Crippen molar-refractivity contribution >= 4 is 0 Å². The number of benzene rings is 1. The fourth-order valence-corrected chi connectivity index (χ4v) is 3.06. The van der Waals surface area contributed by atoms with E-state index >= 15 is 0 Å². The lowest BCUT2D eigenvalue weighted by atomic mass is 10.2. The Hall–Kier alpha value is -1.01. The van der Waals surface area contributed by atoms with E-state index in [4.69, 9.17) is 9.47 Å². The van der Waals surface area contributed by atoms with E-state index in [0.29, 0.717) is 37.9 Å². The van der Waals surface area contributed by atoms with E-state index in [0.717, 1.165) is 32.3 Å². The largest absolute Gasteiger partial charge is 0.389 e. The second-order valence-electron chi connectivity index (χ2n) is 6.58. The summed E-state index contributed by atoms with van der Waals surface area (Å²) in [6.07, 6.45) is 4.01. The van der Waals surface area contributed by atoms with Crippen molar-refractivity contribution in [3.05, 3.63) is 35.6 Å². The highest BCUT2D eigenvalue weighted by Crippen LogP contribution is 2.29. The van der Waals surface area contributed by atoms with E-state index < -0.39 is 6.10 Å². The Morgan fingerprint density at radius 3 is 2.83 bits per heavy atom. The van der Waals surface area contributed by atoms with Crippen molar-refractivity contribution in [2.75, 3.05) is 26.4 Å². The fourth-order valence-electron chi connectivity index (χ4n) is 3.06. The highest BCUT2D eigenvalue weighted by Gasteiger charge is 2.30. The molecule has 0 amide bonds. The quantitative estimate of drug-likeness (QED) is 0.757. The minimum atomic E-state index is -0.552. The minimum absolute atomic E-state index is 0.178. The first-order valence-corrected chi connectivity index (χ1v) is 8.57. The van der Waals surface area contributed by atoms with E-state index in [2.05, 4.69) is 4.90 Å². The summed E-state index contributed by atoms with van der Waals surface area (Å²) in [5.41, 5.74) is 0.687. The topological polar surface area (TPSA) is 41.9 Å². The van der Waals surface area contributed by atoms with Gasteiger partial charge in [0.1, 0.15) is 5.82 Å². The van der Waals surface area contributed by atoms with Crippen molar-refractivity contribution in [1.82, 2.24) is 4.90 Å². The van der Waals surface area contributed by atoms with Crippen LogP contribution in [-0.4, -0.2) is 54.6 Å². The van der Waals surface area contributed by atoms with Crippen LogP contribution in [0.1, 0.15) is 31.2 Å². The Morgan fingerprint density at radius 2 is 2.13 bits per heavy atom. The zero-order chi connectivity index (χ0) is 16.1. The molecule has 1 aliphatic heterocycles. The molecule has 0 bridgehead atoms. The van der Waals surface area contributed by atoms with Crippen LogP contribution in [0, 0.1) is 5.82 Å². The zero-order valence-corrected chi connectivity index (χ0v) is 13.5. The average Bonchev–Trinajstić information content (AvgIpc) is 3.26. The van der Waals surface area contributed by atoms with Gasteiger partial charge < -0.3 is 14.6 Å². The van der Waals surface area contributed by atoms with Crippen molar-refractivity contribution < 1.29 is 19.0 Å². The van der Waals surface area contributed by atoms with Gasteiger partial charge in [0.15, 0.2) is 0 Å². The Kier molecular flexibility index (Phi) is 6.00. The Morgan fingerprint density at radius 1 is 1.30 bits per heavy atom. The molecule has 2 atom stereocenters. The summed E-state index contributed by atoms with van der Waals surface area (Å²) in [6.45, 7) is 2.73. The maximum atomic E-state index is 13.8. The van der Waals surface area contributed by atoms with Gasteiger partial charge in [-0.1, -0.05) is 18.2 Å². The third kappa shape index (κ3) is 5.24. The van der Waals surface area contributed by atoms with Gasteiger partial charge in [-0.15, -0.1) is 0 Å². The maximum absolute atomic E-state index is 13.8. The molecular formula is C18H26FNO3. The van der Waals surface area contributed by atoms with Crippen LogP contribution in [0.4, 0.5) is 4.39 Å². The van der Waals surface area contributed by atoms with Gasteiger partial charge in [-0.3, -0.25) is 4.90 Å². The first-order valence-electron chi connectivity index (χ1n) is 8.57. The van der Waals surface area contributed by atoms with Crippen LogP contribution < -0.4 is 0 Å². The number of rotatable bonds is 9. The molecule has 23 heavy (non-hydrogen) atoms. The van der Waals surface area contributed by atoms with Gasteiger partial charge in [0, 0.05) is 31.3 Å². The van der Waals surface area contributed by atoms with Crippen LogP contribution in [0.15, 0.2) is 24.3 Å². The molecule has 2 aliphatic rings. The number of hydrogen-bond donors (Lipinski definition) is 1. The molecule has 1 aromatic rings. The molecule has 3 rings (SSSR count). The van der Waals surface area contributed by atoms with E-state index in [-0.39, 0.29) is 11.9 Å². The number of hydrogen-bond acceptors (Lipinski definition) is 4. The van der Waals surface area contributed by atoms with Crippen molar-refractivity contribution in [2.24, 2.45) is 0 Å². The molecule has 2 unspecified atom stereocenters. The fraction of sp³-hybridized carbons (Fsp3) is 0.667. The van der Waals surface area contributed by atoms with Gasteiger partial charge in [0.25, 0.3) is 0 Å². The van der Waals surface area contributed by atoms with Gasteiger partial charge in [-0.2, -0.15) is 0 Å². The average molecular weight is 323 g/mol. The standard InChI is InChI=1S/C18H26FNO3/c19-18-6-2-1-4-14(18)10-20(15-7-8-15)11-16(21)12-22-13-17-5-3-9-23-17/h1-2,4,6,15-17,21H,3,5,7-13H2. The maximum Gasteiger partial charge on any atom is 0.127 e. The lowest BCUT2D eigenvalue weighted by Gasteiger charge is -2.25. The second-order valence-corrected chi connectivity index (χ2v) is 6.58. The Bertz CT molecular complexity index is 489. The van der Waals surface area contributed by atoms with E-state index in [1.54, 1.807) is 6.07 Å². The second kappa shape index (κ2) is 8.20. The summed E-state index contributed by atoms with van der Waals surface area (Å²) in [4.78, 5) is 2.17. The molecule has 0 radical (unpaired) electrons. The highest BCUT2D eigenvalue weighted by molar-refractivity contribution is 5.17. The van der Waals surface area contributed by atoms with Crippen LogP contribution in [0.2, 0.25) is 0 Å². The molecule has 1 saturated heterocycles. The third-order valence-electron chi connectivity index (χ3n) is 4.48. The normalized spacial score (nSPS) is 22.7. The summed E-state index contributed by atoms with van der Waals surface area (Å²) in [5.74, 6) is -0.178. The van der Waals surface area contributed by atoms with E-state index in [1.165, 1.54) is 6.07 Å².